The molecule has 0 fully saturated rings. The van der Waals surface area contributed by atoms with Crippen LogP contribution < -0.4 is 14.8 Å². The van der Waals surface area contributed by atoms with Crippen LogP contribution in [0.3, 0.4) is 0 Å². The normalized spacial score (nSPS) is 9.94. The van der Waals surface area contributed by atoms with Gasteiger partial charge < -0.3 is 14.8 Å². The van der Waals surface area contributed by atoms with Crippen LogP contribution in [0, 0.1) is 0 Å². The van der Waals surface area contributed by atoms with E-state index in [9.17, 15) is 0 Å². The van der Waals surface area contributed by atoms with E-state index < -0.39 is 0 Å². The Morgan fingerprint density at radius 1 is 1.50 bits per heavy atom. The molecule has 0 saturated carbocycles. The molecule has 16 heavy (non-hydrogen) atoms. The molecule has 0 aliphatic rings. The number of ether oxygens (including phenoxy) is 2. The van der Waals surface area contributed by atoms with E-state index in [1.807, 2.05) is 0 Å². The van der Waals surface area contributed by atoms with Crippen molar-refractivity contribution in [2.24, 2.45) is 0 Å². The van der Waals surface area contributed by atoms with E-state index in [-0.39, 0.29) is 0 Å². The Bertz CT molecular complexity index is 369. The Hall–Kier alpha value is -1.07. The molecule has 5 heteroatoms. The summed E-state index contributed by atoms with van der Waals surface area (Å²) in [6.07, 6.45) is 1.70. The van der Waals surface area contributed by atoms with Crippen molar-refractivity contribution in [3.8, 4) is 11.5 Å². The molecule has 0 unspecified atom stereocenters. The quantitative estimate of drug-likeness (QED) is 0.870. The van der Waals surface area contributed by atoms with Gasteiger partial charge in [0.2, 0.25) is 0 Å². The molecule has 1 rings (SSSR count). The third-order valence-corrected chi connectivity index (χ3v) is 2.26. The number of rotatable bonds is 6. The minimum absolute atomic E-state index is 0.602. The van der Waals surface area contributed by atoms with Gasteiger partial charge in [0.25, 0.3) is 0 Å². The van der Waals surface area contributed by atoms with Crippen molar-refractivity contribution in [3.63, 3.8) is 0 Å². The Kier molecular flexibility index (Phi) is 5.28. The van der Waals surface area contributed by atoms with Gasteiger partial charge in [-0.2, -0.15) is 0 Å². The van der Waals surface area contributed by atoms with E-state index in [2.05, 4.69) is 32.8 Å². The molecule has 0 atom stereocenters. The van der Waals surface area contributed by atoms with Crippen molar-refractivity contribution in [2.45, 2.75) is 6.54 Å². The highest BCUT2D eigenvalue weighted by Crippen LogP contribution is 2.28. The van der Waals surface area contributed by atoms with Crippen molar-refractivity contribution in [1.29, 1.82) is 0 Å². The van der Waals surface area contributed by atoms with E-state index in [1.54, 1.807) is 26.5 Å². The van der Waals surface area contributed by atoms with E-state index in [1.165, 1.54) is 0 Å². The van der Waals surface area contributed by atoms with Gasteiger partial charge in [-0.3, -0.25) is 4.98 Å². The number of halogens is 1. The Morgan fingerprint density at radius 3 is 2.81 bits per heavy atom. The predicted octanol–water partition coefficient (Wildman–Crippen LogP) is 2.10. The molecule has 4 nitrogen and oxygen atoms in total. The molecular weight excluding hydrogens is 272 g/mol. The summed E-state index contributed by atoms with van der Waals surface area (Å²) in [4.78, 5) is 4.24. The zero-order chi connectivity index (χ0) is 12.0. The van der Waals surface area contributed by atoms with Crippen LogP contribution in [-0.2, 0) is 6.54 Å². The van der Waals surface area contributed by atoms with Gasteiger partial charge in [0.05, 0.1) is 19.9 Å². The molecule has 0 aliphatic carbocycles. The van der Waals surface area contributed by atoms with Gasteiger partial charge in [0.1, 0.15) is 0 Å². The van der Waals surface area contributed by atoms with Gasteiger partial charge in [-0.25, -0.2) is 0 Å². The number of nitrogens with one attached hydrogen (secondary N) is 1. The first-order valence-corrected chi connectivity index (χ1v) is 5.58. The monoisotopic (exact) mass is 286 g/mol. The first-order chi connectivity index (χ1) is 7.69. The average Bonchev–Trinajstić information content (AvgIpc) is 2.28. The van der Waals surface area contributed by atoms with Crippen LogP contribution in [0.15, 0.2) is 23.3 Å². The van der Waals surface area contributed by atoms with E-state index in [4.69, 9.17) is 9.47 Å². The second-order valence-corrected chi connectivity index (χ2v) is 4.24. The maximum Gasteiger partial charge on any atom is 0.183 e. The lowest BCUT2D eigenvalue weighted by molar-refractivity contribution is 0.348. The summed E-state index contributed by atoms with van der Waals surface area (Å²) < 4.78 is 11.3. The molecule has 0 aliphatic heterocycles. The third kappa shape index (κ3) is 3.50. The number of hydrogen-bond donors (Lipinski definition) is 1. The van der Waals surface area contributed by atoms with Crippen LogP contribution in [0.25, 0.3) is 0 Å². The molecule has 88 valence electrons. The fourth-order valence-corrected chi connectivity index (χ4v) is 1.49. The summed E-state index contributed by atoms with van der Waals surface area (Å²) in [7, 11) is 3.21. The van der Waals surface area contributed by atoms with E-state index in [0.717, 1.165) is 10.2 Å². The van der Waals surface area contributed by atoms with Gasteiger partial charge in [-0.1, -0.05) is 22.5 Å². The summed E-state index contributed by atoms with van der Waals surface area (Å²) >= 11 is 3.28. The van der Waals surface area contributed by atoms with Gasteiger partial charge in [-0.05, 0) is 0 Å². The molecule has 1 heterocycles. The molecule has 0 amide bonds. The maximum atomic E-state index is 5.26. The molecule has 0 saturated heterocycles. The second kappa shape index (κ2) is 6.50. The lowest BCUT2D eigenvalue weighted by atomic mass is 10.3. The van der Waals surface area contributed by atoms with Gasteiger partial charge in [0.15, 0.2) is 11.5 Å². The zero-order valence-electron chi connectivity index (χ0n) is 9.42. The molecule has 1 aromatic rings. The summed E-state index contributed by atoms with van der Waals surface area (Å²) in [5.41, 5.74) is 0.815. The lowest BCUT2D eigenvalue weighted by Crippen LogP contribution is -2.16. The van der Waals surface area contributed by atoms with Crippen LogP contribution in [0.2, 0.25) is 0 Å². The fourth-order valence-electron chi connectivity index (χ4n) is 1.29. The molecule has 0 spiro atoms. The third-order valence-electron chi connectivity index (χ3n) is 1.98. The summed E-state index contributed by atoms with van der Waals surface area (Å²) in [5, 5.41) is 3.18. The minimum atomic E-state index is 0.602. The largest absolute Gasteiger partial charge is 0.493 e. The zero-order valence-corrected chi connectivity index (χ0v) is 11.0. The van der Waals surface area contributed by atoms with Gasteiger partial charge >= 0.3 is 0 Å². The van der Waals surface area contributed by atoms with Crippen LogP contribution in [0.1, 0.15) is 5.69 Å². The van der Waals surface area contributed by atoms with Crippen molar-refractivity contribution >= 4 is 15.9 Å². The maximum absolute atomic E-state index is 5.26. The van der Waals surface area contributed by atoms with E-state index in [0.29, 0.717) is 24.6 Å². The summed E-state index contributed by atoms with van der Waals surface area (Å²) in [6, 6.07) is 1.77. The molecule has 0 aromatic carbocycles. The van der Waals surface area contributed by atoms with Crippen molar-refractivity contribution in [2.75, 3.05) is 20.8 Å². The van der Waals surface area contributed by atoms with Crippen LogP contribution in [0.5, 0.6) is 11.5 Å². The SMILES string of the molecule is C=C(Br)CNCc1nccc(OC)c1OC. The molecule has 0 radical (unpaired) electrons. The first kappa shape index (κ1) is 13.0. The number of pyridine rings is 1. The standard InChI is InChI=1S/C11H15BrN2O2/c1-8(12)6-13-7-9-11(16-3)10(15-2)4-5-14-9/h4-5,13H,1,6-7H2,2-3H3. The van der Waals surface area contributed by atoms with Gasteiger partial charge in [-0.15, -0.1) is 0 Å². The Labute approximate surface area is 104 Å². The highest BCUT2D eigenvalue weighted by Gasteiger charge is 2.10. The minimum Gasteiger partial charge on any atom is -0.493 e. The number of aromatic nitrogens is 1. The molecule has 1 N–H and O–H groups in total. The van der Waals surface area contributed by atoms with Crippen molar-refractivity contribution in [1.82, 2.24) is 10.3 Å². The Morgan fingerprint density at radius 2 is 2.25 bits per heavy atom. The van der Waals surface area contributed by atoms with E-state index >= 15 is 0 Å². The van der Waals surface area contributed by atoms with Crippen molar-refractivity contribution < 1.29 is 9.47 Å². The first-order valence-electron chi connectivity index (χ1n) is 4.79. The lowest BCUT2D eigenvalue weighted by Gasteiger charge is -2.11. The van der Waals surface area contributed by atoms with Gasteiger partial charge in [0, 0.05) is 29.8 Å². The van der Waals surface area contributed by atoms with Crippen LogP contribution >= 0.6 is 15.9 Å². The van der Waals surface area contributed by atoms with Crippen LogP contribution in [-0.4, -0.2) is 25.7 Å². The highest BCUT2D eigenvalue weighted by molar-refractivity contribution is 9.11. The van der Waals surface area contributed by atoms with Crippen molar-refractivity contribution in [3.05, 3.63) is 29.0 Å². The summed E-state index contributed by atoms with van der Waals surface area (Å²) in [6.45, 7) is 5.03. The smallest absolute Gasteiger partial charge is 0.183 e. The fraction of sp³-hybridized carbons (Fsp3) is 0.364. The number of hydrogen-bond acceptors (Lipinski definition) is 4. The molecular formula is C11H15BrN2O2. The van der Waals surface area contributed by atoms with Crippen LogP contribution in [0.4, 0.5) is 0 Å². The molecule has 1 aromatic heterocycles. The predicted molar refractivity (Wildman–Crippen MR) is 67.1 cm³/mol. The Balaban J connectivity index is 2.74. The second-order valence-electron chi connectivity index (χ2n) is 3.11. The molecule has 0 bridgehead atoms. The average molecular weight is 287 g/mol. The highest BCUT2D eigenvalue weighted by atomic mass is 79.9. The topological polar surface area (TPSA) is 43.4 Å². The summed E-state index contributed by atoms with van der Waals surface area (Å²) in [5.74, 6) is 1.35. The number of nitrogens with zero attached hydrogens (tertiary/aromatic N) is 1. The number of methoxy groups -OCH3 is 2.